The van der Waals surface area contributed by atoms with Crippen LogP contribution in [-0.2, 0) is 11.3 Å². The normalized spacial score (nSPS) is 10.8. The van der Waals surface area contributed by atoms with Crippen molar-refractivity contribution in [1.29, 1.82) is 0 Å². The molecule has 8 heteroatoms. The summed E-state index contributed by atoms with van der Waals surface area (Å²) in [6, 6.07) is 0. The summed E-state index contributed by atoms with van der Waals surface area (Å²) >= 11 is 0. The number of amides is 1. The Labute approximate surface area is 117 Å². The molecule has 1 rings (SSSR count). The zero-order valence-corrected chi connectivity index (χ0v) is 12.3. The van der Waals surface area contributed by atoms with E-state index in [4.69, 9.17) is 0 Å². The Balaban J connectivity index is 2.54. The lowest BCUT2D eigenvalue weighted by atomic mass is 10.3. The molecule has 0 bridgehead atoms. The molecular formula is C12H21N5O3. The Morgan fingerprint density at radius 2 is 2.10 bits per heavy atom. The van der Waals surface area contributed by atoms with E-state index >= 15 is 0 Å². The lowest BCUT2D eigenvalue weighted by molar-refractivity contribution is -0.386. The maximum absolute atomic E-state index is 11.7. The van der Waals surface area contributed by atoms with E-state index in [0.29, 0.717) is 17.9 Å². The topological polar surface area (TPSA) is 93.3 Å². The van der Waals surface area contributed by atoms with Crippen molar-refractivity contribution in [3.8, 4) is 0 Å². The minimum absolute atomic E-state index is 0.00246. The number of nitrogens with one attached hydrogen (secondary N) is 1. The molecule has 1 aromatic heterocycles. The number of carbonyl (C=O) groups excluding carboxylic acids is 1. The zero-order chi connectivity index (χ0) is 15.3. The Bertz CT molecular complexity index is 496. The van der Waals surface area contributed by atoms with E-state index in [1.165, 1.54) is 4.68 Å². The van der Waals surface area contributed by atoms with Crippen molar-refractivity contribution in [2.45, 2.75) is 26.8 Å². The molecule has 0 aliphatic carbocycles. The first-order valence-electron chi connectivity index (χ1n) is 6.42. The third kappa shape index (κ3) is 4.30. The van der Waals surface area contributed by atoms with Crippen LogP contribution in [0.3, 0.4) is 0 Å². The van der Waals surface area contributed by atoms with E-state index in [1.807, 2.05) is 19.0 Å². The van der Waals surface area contributed by atoms with Crippen LogP contribution in [0.25, 0.3) is 0 Å². The van der Waals surface area contributed by atoms with Gasteiger partial charge in [-0.05, 0) is 40.9 Å². The molecule has 20 heavy (non-hydrogen) atoms. The summed E-state index contributed by atoms with van der Waals surface area (Å²) in [6.07, 6.45) is 0.857. The highest BCUT2D eigenvalue weighted by Crippen LogP contribution is 2.21. The van der Waals surface area contributed by atoms with Crippen molar-refractivity contribution in [2.24, 2.45) is 0 Å². The van der Waals surface area contributed by atoms with Crippen molar-refractivity contribution in [3.63, 3.8) is 0 Å². The van der Waals surface area contributed by atoms with E-state index in [1.54, 1.807) is 13.8 Å². The summed E-state index contributed by atoms with van der Waals surface area (Å²) in [5, 5.41) is 17.7. The van der Waals surface area contributed by atoms with Crippen LogP contribution in [0.1, 0.15) is 17.8 Å². The summed E-state index contributed by atoms with van der Waals surface area (Å²) in [5.74, 6) is -0.191. The van der Waals surface area contributed by atoms with Crippen LogP contribution in [-0.4, -0.2) is 52.7 Å². The van der Waals surface area contributed by atoms with Gasteiger partial charge in [0.2, 0.25) is 5.91 Å². The van der Waals surface area contributed by atoms with Gasteiger partial charge >= 0.3 is 5.69 Å². The number of nitrogens with zero attached hydrogens (tertiary/aromatic N) is 4. The number of hydrogen-bond donors (Lipinski definition) is 1. The van der Waals surface area contributed by atoms with Gasteiger partial charge in [-0.25, -0.2) is 0 Å². The van der Waals surface area contributed by atoms with E-state index in [0.717, 1.165) is 13.0 Å². The molecule has 0 radical (unpaired) electrons. The quantitative estimate of drug-likeness (QED) is 0.446. The van der Waals surface area contributed by atoms with E-state index in [9.17, 15) is 14.9 Å². The first-order chi connectivity index (χ1) is 9.32. The van der Waals surface area contributed by atoms with Crippen LogP contribution in [0.2, 0.25) is 0 Å². The number of nitro groups is 1. The minimum Gasteiger partial charge on any atom is -0.354 e. The molecule has 0 aliphatic heterocycles. The van der Waals surface area contributed by atoms with Crippen LogP contribution in [0.4, 0.5) is 5.69 Å². The van der Waals surface area contributed by atoms with Gasteiger partial charge in [0.05, 0.1) is 4.92 Å². The summed E-state index contributed by atoms with van der Waals surface area (Å²) in [7, 11) is 3.94. The number of hydrogen-bond acceptors (Lipinski definition) is 5. The van der Waals surface area contributed by atoms with Crippen molar-refractivity contribution in [2.75, 3.05) is 27.2 Å². The van der Waals surface area contributed by atoms with Gasteiger partial charge < -0.3 is 10.2 Å². The second-order valence-corrected chi connectivity index (χ2v) is 4.94. The third-order valence-corrected chi connectivity index (χ3v) is 2.92. The van der Waals surface area contributed by atoms with Gasteiger partial charge in [-0.15, -0.1) is 0 Å². The maximum atomic E-state index is 11.7. The molecule has 0 unspecified atom stereocenters. The average Bonchev–Trinajstić information content (AvgIpc) is 2.59. The minimum atomic E-state index is -0.469. The predicted octanol–water partition coefficient (Wildman–Crippen LogP) is 0.476. The molecular weight excluding hydrogens is 262 g/mol. The fourth-order valence-corrected chi connectivity index (χ4v) is 1.92. The fraction of sp³-hybridized carbons (Fsp3) is 0.667. The molecule has 0 saturated heterocycles. The maximum Gasteiger partial charge on any atom is 0.312 e. The van der Waals surface area contributed by atoms with Crippen LogP contribution in [0.5, 0.6) is 0 Å². The third-order valence-electron chi connectivity index (χ3n) is 2.92. The molecule has 0 aliphatic rings. The van der Waals surface area contributed by atoms with Crippen molar-refractivity contribution in [1.82, 2.24) is 20.0 Å². The van der Waals surface area contributed by atoms with Crippen LogP contribution in [0, 0.1) is 24.0 Å². The highest BCUT2D eigenvalue weighted by Gasteiger charge is 2.22. The number of carbonyl (C=O) groups is 1. The van der Waals surface area contributed by atoms with Crippen molar-refractivity contribution < 1.29 is 9.72 Å². The van der Waals surface area contributed by atoms with Gasteiger partial charge in [0, 0.05) is 6.54 Å². The van der Waals surface area contributed by atoms with Gasteiger partial charge in [-0.3, -0.25) is 19.6 Å². The molecule has 1 heterocycles. The standard InChI is InChI=1S/C12H21N5O3/c1-9-12(17(19)20)10(2)16(14-9)8-11(18)13-6-5-7-15(3)4/h5-8H2,1-4H3,(H,13,18). The van der Waals surface area contributed by atoms with Gasteiger partial charge in [-0.1, -0.05) is 0 Å². The monoisotopic (exact) mass is 283 g/mol. The van der Waals surface area contributed by atoms with Crippen LogP contribution < -0.4 is 5.32 Å². The largest absolute Gasteiger partial charge is 0.354 e. The Morgan fingerprint density at radius 1 is 1.45 bits per heavy atom. The summed E-state index contributed by atoms with van der Waals surface area (Å²) in [6.45, 7) is 4.64. The average molecular weight is 283 g/mol. The molecule has 8 nitrogen and oxygen atoms in total. The first kappa shape index (κ1) is 16.1. The molecule has 0 aromatic carbocycles. The summed E-state index contributed by atoms with van der Waals surface area (Å²) < 4.78 is 1.37. The van der Waals surface area contributed by atoms with E-state index in [-0.39, 0.29) is 18.1 Å². The highest BCUT2D eigenvalue weighted by molar-refractivity contribution is 5.75. The van der Waals surface area contributed by atoms with Gasteiger partial charge in [-0.2, -0.15) is 5.10 Å². The molecule has 0 fully saturated rings. The number of aromatic nitrogens is 2. The molecule has 1 aromatic rings. The summed E-state index contributed by atoms with van der Waals surface area (Å²) in [4.78, 5) is 24.2. The molecule has 0 atom stereocenters. The van der Waals surface area contributed by atoms with Gasteiger partial charge in [0.15, 0.2) is 0 Å². The number of aryl methyl sites for hydroxylation is 1. The smallest absolute Gasteiger partial charge is 0.312 e. The SMILES string of the molecule is Cc1nn(CC(=O)NCCCN(C)C)c(C)c1[N+](=O)[O-]. The van der Waals surface area contributed by atoms with Crippen molar-refractivity contribution >= 4 is 11.6 Å². The van der Waals surface area contributed by atoms with E-state index in [2.05, 4.69) is 10.4 Å². The molecule has 1 N–H and O–H groups in total. The predicted molar refractivity (Wildman–Crippen MR) is 74.5 cm³/mol. The Morgan fingerprint density at radius 3 is 2.60 bits per heavy atom. The van der Waals surface area contributed by atoms with Crippen LogP contribution >= 0.6 is 0 Å². The lowest BCUT2D eigenvalue weighted by Crippen LogP contribution is -2.30. The fourth-order valence-electron chi connectivity index (χ4n) is 1.92. The highest BCUT2D eigenvalue weighted by atomic mass is 16.6. The summed E-state index contributed by atoms with van der Waals surface area (Å²) in [5.41, 5.74) is 0.703. The Hall–Kier alpha value is -1.96. The molecule has 0 saturated carbocycles. The second-order valence-electron chi connectivity index (χ2n) is 4.94. The molecule has 1 amide bonds. The van der Waals surface area contributed by atoms with Crippen LogP contribution in [0.15, 0.2) is 0 Å². The molecule has 112 valence electrons. The van der Waals surface area contributed by atoms with E-state index < -0.39 is 4.92 Å². The Kier molecular flexibility index (Phi) is 5.63. The zero-order valence-electron chi connectivity index (χ0n) is 12.3. The lowest BCUT2D eigenvalue weighted by Gasteiger charge is -2.10. The second kappa shape index (κ2) is 6.99. The van der Waals surface area contributed by atoms with Crippen molar-refractivity contribution in [3.05, 3.63) is 21.5 Å². The molecule has 0 spiro atoms. The van der Waals surface area contributed by atoms with Gasteiger partial charge in [0.25, 0.3) is 0 Å². The first-order valence-corrected chi connectivity index (χ1v) is 6.42. The number of rotatable bonds is 7. The van der Waals surface area contributed by atoms with Gasteiger partial charge in [0.1, 0.15) is 17.9 Å².